The van der Waals surface area contributed by atoms with Crippen molar-refractivity contribution < 1.29 is 13.9 Å². The van der Waals surface area contributed by atoms with Crippen molar-refractivity contribution in [1.82, 2.24) is 0 Å². The molecule has 2 atom stereocenters. The lowest BCUT2D eigenvalue weighted by atomic mass is 9.72. The first kappa shape index (κ1) is 15.1. The number of hydrogen-bond donors (Lipinski definition) is 2. The topological polar surface area (TPSA) is 46.2 Å². The standard InChI is InChI=1S/C14H21F2NO/c1-4-13(17)14(3,5-6-18)10-8-11(15)9(2)7-12(10)16/h7-8,13,18H,4-6,17H2,1-3H3. The zero-order chi connectivity index (χ0) is 13.9. The summed E-state index contributed by atoms with van der Waals surface area (Å²) >= 11 is 0. The summed E-state index contributed by atoms with van der Waals surface area (Å²) in [6.07, 6.45) is 0.937. The summed E-state index contributed by atoms with van der Waals surface area (Å²) in [5.74, 6) is -0.910. The van der Waals surface area contributed by atoms with Crippen LogP contribution in [-0.2, 0) is 5.41 Å². The Balaban J connectivity index is 3.33. The third-order valence-corrected chi connectivity index (χ3v) is 3.75. The molecule has 0 aliphatic rings. The number of aryl methyl sites for hydroxylation is 1. The first-order valence-corrected chi connectivity index (χ1v) is 6.19. The predicted molar refractivity (Wildman–Crippen MR) is 68.4 cm³/mol. The molecule has 0 spiro atoms. The van der Waals surface area contributed by atoms with Crippen LogP contribution in [0.25, 0.3) is 0 Å². The lowest BCUT2D eigenvalue weighted by Gasteiger charge is -2.35. The summed E-state index contributed by atoms with van der Waals surface area (Å²) in [4.78, 5) is 0. The molecule has 0 bridgehead atoms. The van der Waals surface area contributed by atoms with Gasteiger partial charge in [0.05, 0.1) is 0 Å². The minimum absolute atomic E-state index is 0.112. The van der Waals surface area contributed by atoms with Gasteiger partial charge in [-0.1, -0.05) is 13.8 Å². The van der Waals surface area contributed by atoms with Gasteiger partial charge in [0, 0.05) is 18.1 Å². The Morgan fingerprint density at radius 1 is 1.33 bits per heavy atom. The maximum absolute atomic E-state index is 14.0. The molecule has 0 saturated carbocycles. The molecule has 0 saturated heterocycles. The van der Waals surface area contributed by atoms with Crippen LogP contribution in [0.15, 0.2) is 12.1 Å². The molecule has 3 N–H and O–H groups in total. The first-order valence-electron chi connectivity index (χ1n) is 6.19. The summed E-state index contributed by atoms with van der Waals surface area (Å²) in [7, 11) is 0. The molecule has 0 aliphatic heterocycles. The van der Waals surface area contributed by atoms with Gasteiger partial charge >= 0.3 is 0 Å². The smallest absolute Gasteiger partial charge is 0.127 e. The molecular weight excluding hydrogens is 236 g/mol. The number of hydrogen-bond acceptors (Lipinski definition) is 2. The SMILES string of the molecule is CCC(N)C(C)(CCO)c1cc(F)c(C)cc1F. The maximum Gasteiger partial charge on any atom is 0.127 e. The van der Waals surface area contributed by atoms with Gasteiger partial charge in [-0.2, -0.15) is 0 Å². The number of nitrogens with two attached hydrogens (primary N) is 1. The van der Waals surface area contributed by atoms with E-state index in [-0.39, 0.29) is 23.8 Å². The van der Waals surface area contributed by atoms with Crippen LogP contribution >= 0.6 is 0 Å². The van der Waals surface area contributed by atoms with E-state index in [1.54, 1.807) is 6.92 Å². The fourth-order valence-electron chi connectivity index (χ4n) is 2.29. The van der Waals surface area contributed by atoms with Crippen molar-refractivity contribution in [3.05, 3.63) is 34.9 Å². The molecule has 2 unspecified atom stereocenters. The molecule has 102 valence electrons. The lowest BCUT2D eigenvalue weighted by Crippen LogP contribution is -2.44. The highest BCUT2D eigenvalue weighted by atomic mass is 19.1. The van der Waals surface area contributed by atoms with E-state index in [0.717, 1.165) is 0 Å². The monoisotopic (exact) mass is 257 g/mol. The molecule has 1 aromatic rings. The van der Waals surface area contributed by atoms with Crippen LogP contribution < -0.4 is 5.73 Å². The zero-order valence-corrected chi connectivity index (χ0v) is 11.1. The molecule has 1 aromatic carbocycles. The van der Waals surface area contributed by atoms with Crippen LogP contribution in [0.1, 0.15) is 37.8 Å². The maximum atomic E-state index is 14.0. The number of halogens is 2. The quantitative estimate of drug-likeness (QED) is 0.851. The molecule has 0 radical (unpaired) electrons. The number of aliphatic hydroxyl groups excluding tert-OH is 1. The zero-order valence-electron chi connectivity index (χ0n) is 11.1. The van der Waals surface area contributed by atoms with Crippen molar-refractivity contribution >= 4 is 0 Å². The van der Waals surface area contributed by atoms with Crippen LogP contribution in [0.3, 0.4) is 0 Å². The van der Waals surface area contributed by atoms with Gasteiger partial charge in [0.15, 0.2) is 0 Å². The van der Waals surface area contributed by atoms with E-state index in [9.17, 15) is 8.78 Å². The van der Waals surface area contributed by atoms with E-state index in [1.165, 1.54) is 19.1 Å². The van der Waals surface area contributed by atoms with Crippen molar-refractivity contribution in [2.45, 2.75) is 45.1 Å². The normalized spacial score (nSPS) is 16.4. The molecule has 1 rings (SSSR count). The Morgan fingerprint density at radius 3 is 2.44 bits per heavy atom. The van der Waals surface area contributed by atoms with Crippen molar-refractivity contribution in [1.29, 1.82) is 0 Å². The largest absolute Gasteiger partial charge is 0.396 e. The Labute approximate surface area is 107 Å². The fourth-order valence-corrected chi connectivity index (χ4v) is 2.29. The van der Waals surface area contributed by atoms with Crippen LogP contribution in [0.5, 0.6) is 0 Å². The van der Waals surface area contributed by atoms with Gasteiger partial charge < -0.3 is 10.8 Å². The van der Waals surface area contributed by atoms with Gasteiger partial charge in [-0.3, -0.25) is 0 Å². The molecule has 0 fully saturated rings. The van der Waals surface area contributed by atoms with Crippen LogP contribution in [0.2, 0.25) is 0 Å². The Morgan fingerprint density at radius 2 is 1.94 bits per heavy atom. The van der Waals surface area contributed by atoms with Gasteiger partial charge in [0.25, 0.3) is 0 Å². The summed E-state index contributed by atoms with van der Waals surface area (Å²) in [6.45, 7) is 5.07. The van der Waals surface area contributed by atoms with Crippen LogP contribution in [0.4, 0.5) is 8.78 Å². The molecule has 0 aliphatic carbocycles. The average Bonchev–Trinajstić information content (AvgIpc) is 2.32. The van der Waals surface area contributed by atoms with Gasteiger partial charge in [0.2, 0.25) is 0 Å². The highest BCUT2D eigenvalue weighted by Gasteiger charge is 2.35. The Bertz CT molecular complexity index is 423. The second-order valence-electron chi connectivity index (χ2n) is 4.99. The van der Waals surface area contributed by atoms with Crippen molar-refractivity contribution in [3.63, 3.8) is 0 Å². The van der Waals surface area contributed by atoms with Crippen LogP contribution in [-0.4, -0.2) is 17.8 Å². The number of benzene rings is 1. The third kappa shape index (κ3) is 2.70. The Hall–Kier alpha value is -1.00. The van der Waals surface area contributed by atoms with Gasteiger partial charge in [0.1, 0.15) is 11.6 Å². The van der Waals surface area contributed by atoms with E-state index in [4.69, 9.17) is 10.8 Å². The third-order valence-electron chi connectivity index (χ3n) is 3.75. The minimum atomic E-state index is -0.762. The second kappa shape index (κ2) is 5.76. The molecule has 0 aromatic heterocycles. The van der Waals surface area contributed by atoms with E-state index in [0.29, 0.717) is 12.8 Å². The second-order valence-corrected chi connectivity index (χ2v) is 4.99. The van der Waals surface area contributed by atoms with E-state index in [2.05, 4.69) is 0 Å². The minimum Gasteiger partial charge on any atom is -0.396 e. The van der Waals surface area contributed by atoms with Gasteiger partial charge in [-0.25, -0.2) is 8.78 Å². The number of aliphatic hydroxyl groups is 1. The molecular formula is C14H21F2NO. The highest BCUT2D eigenvalue weighted by molar-refractivity contribution is 5.32. The van der Waals surface area contributed by atoms with E-state index in [1.807, 2.05) is 6.92 Å². The molecule has 0 heterocycles. The average molecular weight is 257 g/mol. The lowest BCUT2D eigenvalue weighted by molar-refractivity contribution is 0.219. The summed E-state index contributed by atoms with van der Waals surface area (Å²) in [5.41, 5.74) is 5.78. The summed E-state index contributed by atoms with van der Waals surface area (Å²) in [6, 6.07) is 2.06. The first-order chi connectivity index (χ1) is 8.36. The molecule has 18 heavy (non-hydrogen) atoms. The summed E-state index contributed by atoms with van der Waals surface area (Å²) < 4.78 is 27.7. The molecule has 4 heteroatoms. The van der Waals surface area contributed by atoms with Crippen molar-refractivity contribution in [2.24, 2.45) is 5.73 Å². The number of rotatable bonds is 5. The fraction of sp³-hybridized carbons (Fsp3) is 0.571. The Kier molecular flexibility index (Phi) is 4.82. The molecule has 0 amide bonds. The highest BCUT2D eigenvalue weighted by Crippen LogP contribution is 2.34. The van der Waals surface area contributed by atoms with Crippen molar-refractivity contribution in [2.75, 3.05) is 6.61 Å². The van der Waals surface area contributed by atoms with Crippen molar-refractivity contribution in [3.8, 4) is 0 Å². The van der Waals surface area contributed by atoms with Crippen LogP contribution in [0, 0.1) is 18.6 Å². The van der Waals surface area contributed by atoms with E-state index >= 15 is 0 Å². The van der Waals surface area contributed by atoms with Gasteiger partial charge in [-0.05, 0) is 43.0 Å². The molecule has 2 nitrogen and oxygen atoms in total. The van der Waals surface area contributed by atoms with Gasteiger partial charge in [-0.15, -0.1) is 0 Å². The predicted octanol–water partition coefficient (Wildman–Crippen LogP) is 2.65. The summed E-state index contributed by atoms with van der Waals surface area (Å²) in [5, 5.41) is 9.15. The van der Waals surface area contributed by atoms with E-state index < -0.39 is 17.0 Å².